The minimum atomic E-state index is 0.0936. The van der Waals surface area contributed by atoms with Crippen molar-refractivity contribution in [3.63, 3.8) is 0 Å². The molecule has 25 heavy (non-hydrogen) atoms. The molecule has 2 aliphatic heterocycles. The van der Waals surface area contributed by atoms with Crippen molar-refractivity contribution in [1.82, 2.24) is 19.4 Å². The van der Waals surface area contributed by atoms with Crippen LogP contribution in [0.25, 0.3) is 5.52 Å². The molecule has 2 aliphatic rings. The number of carbonyl (C=O) groups excluding carboxylic acids is 2. The number of rotatable bonds is 2. The lowest BCUT2D eigenvalue weighted by Gasteiger charge is -2.31. The van der Waals surface area contributed by atoms with Gasteiger partial charge < -0.3 is 9.80 Å². The molecule has 0 unspecified atom stereocenters. The molecular weight excluding hydrogens is 316 g/mol. The Labute approximate surface area is 147 Å². The van der Waals surface area contributed by atoms with E-state index in [1.54, 1.807) is 17.6 Å². The summed E-state index contributed by atoms with van der Waals surface area (Å²) in [5.41, 5.74) is 2.83. The lowest BCUT2D eigenvalue weighted by atomic mass is 9.89. The number of hydrogen-bond acceptors (Lipinski definition) is 3. The monoisotopic (exact) mass is 340 g/mol. The van der Waals surface area contributed by atoms with Crippen LogP contribution < -0.4 is 0 Å². The Bertz CT molecular complexity index is 799. The van der Waals surface area contributed by atoms with Crippen LogP contribution in [-0.2, 0) is 4.79 Å². The molecule has 0 bridgehead atoms. The molecule has 0 saturated carbocycles. The first-order chi connectivity index (χ1) is 12.1. The number of nitrogens with zero attached hydrogens (tertiary/aromatic N) is 4. The van der Waals surface area contributed by atoms with Gasteiger partial charge in [0, 0.05) is 39.3 Å². The Morgan fingerprint density at radius 1 is 1.08 bits per heavy atom. The molecule has 6 heteroatoms. The van der Waals surface area contributed by atoms with Crippen molar-refractivity contribution >= 4 is 17.3 Å². The van der Waals surface area contributed by atoms with E-state index in [9.17, 15) is 9.59 Å². The van der Waals surface area contributed by atoms with Crippen molar-refractivity contribution in [3.8, 4) is 0 Å². The second kappa shape index (κ2) is 6.50. The first-order valence-corrected chi connectivity index (χ1v) is 9.15. The number of piperidine rings is 1. The van der Waals surface area contributed by atoms with Crippen LogP contribution in [0.2, 0.25) is 0 Å². The molecule has 2 saturated heterocycles. The summed E-state index contributed by atoms with van der Waals surface area (Å²) in [5, 5.41) is 4.35. The Balaban J connectivity index is 1.58. The van der Waals surface area contributed by atoms with Gasteiger partial charge in [-0.15, -0.1) is 0 Å². The molecule has 0 aliphatic carbocycles. The van der Waals surface area contributed by atoms with E-state index in [2.05, 4.69) is 17.2 Å². The zero-order valence-corrected chi connectivity index (χ0v) is 14.6. The van der Waals surface area contributed by atoms with Gasteiger partial charge in [-0.3, -0.25) is 9.59 Å². The maximum absolute atomic E-state index is 12.8. The van der Waals surface area contributed by atoms with Gasteiger partial charge in [0.15, 0.2) is 0 Å². The Morgan fingerprint density at radius 3 is 2.48 bits per heavy atom. The molecule has 2 aromatic rings. The minimum Gasteiger partial charge on any atom is -0.343 e. The second-order valence-corrected chi connectivity index (χ2v) is 7.13. The highest BCUT2D eigenvalue weighted by molar-refractivity contribution is 6.00. The molecule has 132 valence electrons. The number of carbonyl (C=O) groups is 2. The summed E-state index contributed by atoms with van der Waals surface area (Å²) in [4.78, 5) is 28.1. The van der Waals surface area contributed by atoms with E-state index < -0.39 is 0 Å². The van der Waals surface area contributed by atoms with Crippen molar-refractivity contribution < 1.29 is 9.59 Å². The fourth-order valence-electron chi connectivity index (χ4n) is 4.03. The average molecular weight is 340 g/mol. The summed E-state index contributed by atoms with van der Waals surface area (Å²) in [6.07, 6.45) is 7.76. The van der Waals surface area contributed by atoms with Gasteiger partial charge in [0.25, 0.3) is 5.91 Å². The van der Waals surface area contributed by atoms with Crippen LogP contribution in [0.15, 0.2) is 24.5 Å². The lowest BCUT2D eigenvalue weighted by molar-refractivity contribution is -0.129. The summed E-state index contributed by atoms with van der Waals surface area (Å²) < 4.78 is 1.79. The third kappa shape index (κ3) is 3.01. The smallest absolute Gasteiger partial charge is 0.257 e. The maximum Gasteiger partial charge on any atom is 0.257 e. The molecule has 2 amide bonds. The third-order valence-corrected chi connectivity index (χ3v) is 5.58. The summed E-state index contributed by atoms with van der Waals surface area (Å²) in [6.45, 7) is 4.95. The van der Waals surface area contributed by atoms with E-state index in [-0.39, 0.29) is 11.8 Å². The van der Waals surface area contributed by atoms with Crippen LogP contribution in [0.1, 0.15) is 54.4 Å². The topological polar surface area (TPSA) is 57.9 Å². The van der Waals surface area contributed by atoms with Gasteiger partial charge >= 0.3 is 0 Å². The summed E-state index contributed by atoms with van der Waals surface area (Å²) in [5.74, 6) is 0.685. The number of likely N-dealkylation sites (tertiary alicyclic amines) is 2. The first kappa shape index (κ1) is 16.1. The van der Waals surface area contributed by atoms with E-state index in [0.29, 0.717) is 11.5 Å². The van der Waals surface area contributed by atoms with E-state index in [0.717, 1.165) is 57.4 Å². The highest BCUT2D eigenvalue weighted by Gasteiger charge is 2.25. The highest BCUT2D eigenvalue weighted by atomic mass is 16.2. The summed E-state index contributed by atoms with van der Waals surface area (Å²) >= 11 is 0. The number of amides is 2. The number of hydrogen-bond donors (Lipinski definition) is 0. The van der Waals surface area contributed by atoms with E-state index in [4.69, 9.17) is 0 Å². The molecule has 2 aromatic heterocycles. The van der Waals surface area contributed by atoms with E-state index >= 15 is 0 Å². The second-order valence-electron chi connectivity index (χ2n) is 7.13. The molecule has 4 rings (SSSR count). The van der Waals surface area contributed by atoms with Gasteiger partial charge in [0.2, 0.25) is 5.91 Å². The number of fused-ring (bicyclic) bond motifs is 1. The Kier molecular flexibility index (Phi) is 4.19. The van der Waals surface area contributed by atoms with Gasteiger partial charge in [0.05, 0.1) is 17.3 Å². The normalized spacial score (nSPS) is 18.9. The molecule has 0 aromatic carbocycles. The van der Waals surface area contributed by atoms with Crippen molar-refractivity contribution in [2.24, 2.45) is 0 Å². The average Bonchev–Trinajstić information content (AvgIpc) is 3.30. The van der Waals surface area contributed by atoms with Gasteiger partial charge in [-0.1, -0.05) is 0 Å². The summed E-state index contributed by atoms with van der Waals surface area (Å²) in [7, 11) is 0. The first-order valence-electron chi connectivity index (χ1n) is 9.15. The fourth-order valence-corrected chi connectivity index (χ4v) is 4.03. The quantitative estimate of drug-likeness (QED) is 0.843. The molecule has 2 fully saturated rings. The maximum atomic E-state index is 12.8. The highest BCUT2D eigenvalue weighted by Crippen LogP contribution is 2.29. The molecule has 0 atom stereocenters. The van der Waals surface area contributed by atoms with Crippen molar-refractivity contribution in [2.75, 3.05) is 26.2 Å². The minimum absolute atomic E-state index is 0.0936. The zero-order chi connectivity index (χ0) is 17.4. The molecule has 0 N–H and O–H groups in total. The molecule has 6 nitrogen and oxygen atoms in total. The zero-order valence-electron chi connectivity index (χ0n) is 14.6. The SMILES string of the molecule is CC(=O)N1CCC(c2ccn3ncc(C(=O)N4CCCC4)c3c2)CC1. The van der Waals surface area contributed by atoms with Crippen LogP contribution in [0, 0.1) is 0 Å². The van der Waals surface area contributed by atoms with Crippen molar-refractivity contribution in [1.29, 1.82) is 0 Å². The fraction of sp³-hybridized carbons (Fsp3) is 0.526. The van der Waals surface area contributed by atoms with Crippen LogP contribution in [0.3, 0.4) is 0 Å². The van der Waals surface area contributed by atoms with Crippen LogP contribution in [0.4, 0.5) is 0 Å². The van der Waals surface area contributed by atoms with Gasteiger partial charge in [-0.05, 0) is 49.3 Å². The molecule has 4 heterocycles. The van der Waals surface area contributed by atoms with E-state index in [1.165, 1.54) is 5.56 Å². The predicted octanol–water partition coefficient (Wildman–Crippen LogP) is 2.30. The molecule has 0 radical (unpaired) electrons. The number of pyridine rings is 1. The molecule has 0 spiro atoms. The standard InChI is InChI=1S/C19H24N4O2/c1-14(24)21-9-4-15(5-10-21)16-6-11-23-18(12-16)17(13-20-23)19(25)22-7-2-3-8-22/h6,11-13,15H,2-5,7-10H2,1H3. The van der Waals surface area contributed by atoms with Crippen LogP contribution in [-0.4, -0.2) is 57.4 Å². The predicted molar refractivity (Wildman–Crippen MR) is 94.6 cm³/mol. The van der Waals surface area contributed by atoms with Gasteiger partial charge in [-0.25, -0.2) is 4.52 Å². The largest absolute Gasteiger partial charge is 0.343 e. The third-order valence-electron chi connectivity index (χ3n) is 5.58. The Hall–Kier alpha value is -2.37. The van der Waals surface area contributed by atoms with Crippen LogP contribution in [0.5, 0.6) is 0 Å². The van der Waals surface area contributed by atoms with Gasteiger partial charge in [-0.2, -0.15) is 5.10 Å². The summed E-state index contributed by atoms with van der Waals surface area (Å²) in [6, 6.07) is 4.21. The number of aromatic nitrogens is 2. The molecular formula is C19H24N4O2. The van der Waals surface area contributed by atoms with Crippen LogP contribution >= 0.6 is 0 Å². The van der Waals surface area contributed by atoms with Gasteiger partial charge in [0.1, 0.15) is 0 Å². The van der Waals surface area contributed by atoms with E-state index in [1.807, 2.05) is 16.0 Å². The lowest BCUT2D eigenvalue weighted by Crippen LogP contribution is -2.36. The Morgan fingerprint density at radius 2 is 1.80 bits per heavy atom. The van der Waals surface area contributed by atoms with Crippen molar-refractivity contribution in [3.05, 3.63) is 35.7 Å². The van der Waals surface area contributed by atoms with Crippen molar-refractivity contribution in [2.45, 2.75) is 38.5 Å².